The summed E-state index contributed by atoms with van der Waals surface area (Å²) >= 11 is 0. The molecule has 66 valence electrons. The minimum Gasteiger partial charge on any atom is -0.103 e. The maximum absolute atomic E-state index is 3.99. The summed E-state index contributed by atoms with van der Waals surface area (Å²) in [5, 5.41) is 0. The zero-order valence-electron chi connectivity index (χ0n) is 7.92. The van der Waals surface area contributed by atoms with Crippen molar-refractivity contribution < 1.29 is 0 Å². The molecule has 0 spiro atoms. The van der Waals surface area contributed by atoms with Gasteiger partial charge in [0.25, 0.3) is 0 Å². The second-order valence-corrected chi connectivity index (χ2v) is 4.63. The number of allylic oxidation sites excluding steroid dienone is 2. The molecule has 0 heteroatoms. The Morgan fingerprint density at radius 1 is 1.50 bits per heavy atom. The first-order valence-electron chi connectivity index (χ1n) is 4.99. The molecule has 0 heterocycles. The highest BCUT2D eigenvalue weighted by Crippen LogP contribution is 2.59. The van der Waals surface area contributed by atoms with E-state index in [0.29, 0.717) is 0 Å². The number of hydrogen-bond acceptors (Lipinski definition) is 0. The van der Waals surface area contributed by atoms with Crippen LogP contribution in [0.5, 0.6) is 0 Å². The first-order valence-corrected chi connectivity index (χ1v) is 4.99. The predicted octanol–water partition coefficient (Wildman–Crippen LogP) is 3.41. The second-order valence-electron chi connectivity index (χ2n) is 4.63. The van der Waals surface area contributed by atoms with Crippen LogP contribution in [0.1, 0.15) is 26.2 Å². The fourth-order valence-electron chi connectivity index (χ4n) is 3.08. The highest BCUT2D eigenvalue weighted by atomic mass is 14.6. The Labute approximate surface area is 75.4 Å². The van der Waals surface area contributed by atoms with Gasteiger partial charge in [-0.25, -0.2) is 0 Å². The third kappa shape index (κ3) is 1.05. The van der Waals surface area contributed by atoms with Gasteiger partial charge in [0.05, 0.1) is 0 Å². The largest absolute Gasteiger partial charge is 0.103 e. The van der Waals surface area contributed by atoms with E-state index >= 15 is 0 Å². The van der Waals surface area contributed by atoms with Crippen LogP contribution in [-0.2, 0) is 0 Å². The summed E-state index contributed by atoms with van der Waals surface area (Å²) in [6.07, 6.45) is 6.29. The van der Waals surface area contributed by atoms with E-state index in [1.165, 1.54) is 24.8 Å². The summed E-state index contributed by atoms with van der Waals surface area (Å²) in [6.45, 7) is 10.0. The molecule has 0 N–H and O–H groups in total. The lowest BCUT2D eigenvalue weighted by Gasteiger charge is -2.58. The Morgan fingerprint density at radius 3 is 2.75 bits per heavy atom. The molecular weight excluding hydrogens is 144 g/mol. The van der Waals surface area contributed by atoms with Crippen molar-refractivity contribution >= 4 is 0 Å². The second kappa shape index (κ2) is 2.76. The molecule has 4 unspecified atom stereocenters. The Balaban J connectivity index is 1.88. The van der Waals surface area contributed by atoms with Gasteiger partial charge in [-0.1, -0.05) is 11.6 Å². The van der Waals surface area contributed by atoms with E-state index in [1.54, 1.807) is 0 Å². The van der Waals surface area contributed by atoms with Crippen LogP contribution in [0.3, 0.4) is 0 Å². The summed E-state index contributed by atoms with van der Waals surface area (Å²) in [5.74, 6) is 3.83. The average Bonchev–Trinajstić information content (AvgIpc) is 1.96. The summed E-state index contributed by atoms with van der Waals surface area (Å²) in [4.78, 5) is 0. The van der Waals surface area contributed by atoms with Gasteiger partial charge in [-0.15, -0.1) is 13.2 Å². The van der Waals surface area contributed by atoms with Crippen LogP contribution in [0.4, 0.5) is 0 Å². The van der Waals surface area contributed by atoms with Gasteiger partial charge in [0, 0.05) is 0 Å². The number of rotatable bonds is 3. The Morgan fingerprint density at radius 2 is 2.25 bits per heavy atom. The van der Waals surface area contributed by atoms with Crippen molar-refractivity contribution in [2.45, 2.75) is 26.2 Å². The molecule has 0 nitrogen and oxygen atoms in total. The molecule has 0 aromatic carbocycles. The van der Waals surface area contributed by atoms with Crippen LogP contribution in [0.2, 0.25) is 0 Å². The third-order valence-electron chi connectivity index (χ3n) is 3.68. The van der Waals surface area contributed by atoms with Gasteiger partial charge >= 0.3 is 0 Å². The highest BCUT2D eigenvalue weighted by Gasteiger charge is 2.51. The molecule has 0 amide bonds. The van der Waals surface area contributed by atoms with Gasteiger partial charge in [-0.05, 0) is 49.9 Å². The summed E-state index contributed by atoms with van der Waals surface area (Å²) in [5.41, 5.74) is 1.35. The van der Waals surface area contributed by atoms with Crippen LogP contribution in [0.15, 0.2) is 24.8 Å². The van der Waals surface area contributed by atoms with Crippen LogP contribution in [-0.4, -0.2) is 0 Å². The molecule has 2 rings (SSSR count). The zero-order valence-corrected chi connectivity index (χ0v) is 7.92. The van der Waals surface area contributed by atoms with E-state index in [2.05, 4.69) is 26.2 Å². The van der Waals surface area contributed by atoms with Crippen molar-refractivity contribution in [3.63, 3.8) is 0 Å². The fraction of sp³-hybridized carbons (Fsp3) is 0.667. The Bertz CT molecular complexity index is 214. The molecule has 0 radical (unpaired) electrons. The molecule has 2 aliphatic rings. The molecule has 0 bridgehead atoms. The van der Waals surface area contributed by atoms with Crippen LogP contribution < -0.4 is 0 Å². The summed E-state index contributed by atoms with van der Waals surface area (Å²) in [7, 11) is 0. The van der Waals surface area contributed by atoms with Crippen LogP contribution in [0, 0.1) is 23.7 Å². The minimum atomic E-state index is 0.841. The molecular formula is C12H18. The topological polar surface area (TPSA) is 0 Å². The van der Waals surface area contributed by atoms with E-state index < -0.39 is 0 Å². The van der Waals surface area contributed by atoms with Crippen LogP contribution in [0.25, 0.3) is 0 Å². The maximum atomic E-state index is 3.99. The van der Waals surface area contributed by atoms with Gasteiger partial charge in [-0.3, -0.25) is 0 Å². The molecule has 0 aromatic heterocycles. The van der Waals surface area contributed by atoms with E-state index in [1.807, 2.05) is 0 Å². The third-order valence-corrected chi connectivity index (χ3v) is 3.68. The molecule has 2 saturated carbocycles. The van der Waals surface area contributed by atoms with Crippen molar-refractivity contribution in [2.24, 2.45) is 23.7 Å². The predicted molar refractivity (Wildman–Crippen MR) is 52.8 cm³/mol. The van der Waals surface area contributed by atoms with Gasteiger partial charge in [0.15, 0.2) is 0 Å². The molecule has 12 heavy (non-hydrogen) atoms. The smallest absolute Gasteiger partial charge is 0.0200 e. The first kappa shape index (κ1) is 8.10. The Hall–Kier alpha value is -0.520. The maximum Gasteiger partial charge on any atom is -0.0200 e. The van der Waals surface area contributed by atoms with E-state index in [9.17, 15) is 0 Å². The number of fused-ring (bicyclic) bond motifs is 1. The first-order chi connectivity index (χ1) is 5.72. The molecule has 0 aromatic rings. The minimum absolute atomic E-state index is 0.841. The van der Waals surface area contributed by atoms with E-state index in [-0.39, 0.29) is 0 Å². The van der Waals surface area contributed by atoms with Crippen LogP contribution >= 0.6 is 0 Å². The highest BCUT2D eigenvalue weighted by molar-refractivity contribution is 5.10. The fourth-order valence-corrected chi connectivity index (χ4v) is 3.08. The quantitative estimate of drug-likeness (QED) is 0.558. The van der Waals surface area contributed by atoms with Crippen molar-refractivity contribution in [3.05, 3.63) is 24.8 Å². The van der Waals surface area contributed by atoms with Gasteiger partial charge < -0.3 is 0 Å². The molecule has 2 aliphatic carbocycles. The zero-order chi connectivity index (χ0) is 8.72. The molecule has 0 aliphatic heterocycles. The average molecular weight is 162 g/mol. The lowest BCUT2D eigenvalue weighted by molar-refractivity contribution is -0.0663. The Kier molecular flexibility index (Phi) is 1.86. The van der Waals surface area contributed by atoms with E-state index in [0.717, 1.165) is 23.7 Å². The van der Waals surface area contributed by atoms with Crippen molar-refractivity contribution in [1.29, 1.82) is 0 Å². The van der Waals surface area contributed by atoms with Gasteiger partial charge in [0.1, 0.15) is 0 Å². The molecule has 4 atom stereocenters. The van der Waals surface area contributed by atoms with Gasteiger partial charge in [0.2, 0.25) is 0 Å². The SMILES string of the molecule is C=CC1CC2CC(CC(=C)C)C12. The summed E-state index contributed by atoms with van der Waals surface area (Å²) in [6, 6.07) is 0. The lowest BCUT2D eigenvalue weighted by Crippen LogP contribution is -2.50. The van der Waals surface area contributed by atoms with Crippen molar-refractivity contribution in [2.75, 3.05) is 0 Å². The lowest BCUT2D eigenvalue weighted by atomic mass is 9.47. The molecule has 0 saturated heterocycles. The van der Waals surface area contributed by atoms with E-state index in [4.69, 9.17) is 0 Å². The standard InChI is InChI=1S/C12H18/c1-4-9-6-11-7-10(12(9)11)5-8(2)3/h4,9-12H,1-2,5-7H2,3H3. The monoisotopic (exact) mass is 162 g/mol. The normalized spacial score (nSPS) is 43.8. The molecule has 2 fully saturated rings. The van der Waals surface area contributed by atoms with Crippen molar-refractivity contribution in [1.82, 2.24) is 0 Å². The summed E-state index contributed by atoms with van der Waals surface area (Å²) < 4.78 is 0. The number of hydrogen-bond donors (Lipinski definition) is 0. The van der Waals surface area contributed by atoms with Gasteiger partial charge in [-0.2, -0.15) is 0 Å². The van der Waals surface area contributed by atoms with Crippen molar-refractivity contribution in [3.8, 4) is 0 Å².